The summed E-state index contributed by atoms with van der Waals surface area (Å²) in [5, 5.41) is 3.45. The lowest BCUT2D eigenvalue weighted by Crippen LogP contribution is -2.37. The summed E-state index contributed by atoms with van der Waals surface area (Å²) < 4.78 is 17.2. The second kappa shape index (κ2) is 7.38. The summed E-state index contributed by atoms with van der Waals surface area (Å²) in [5.74, 6) is 4.29. The van der Waals surface area contributed by atoms with Crippen LogP contribution in [0.4, 0.5) is 0 Å². The van der Waals surface area contributed by atoms with Crippen LogP contribution in [0.25, 0.3) is 0 Å². The second-order valence-corrected chi connectivity index (χ2v) is 7.64. The van der Waals surface area contributed by atoms with E-state index in [1.807, 2.05) is 6.92 Å². The lowest BCUT2D eigenvalue weighted by atomic mass is 10.2. The van der Waals surface area contributed by atoms with Crippen LogP contribution in [0.5, 0.6) is 0 Å². The molecule has 0 bridgehead atoms. The van der Waals surface area contributed by atoms with Crippen molar-refractivity contribution in [2.75, 3.05) is 31.1 Å². The first-order chi connectivity index (χ1) is 9.54. The Labute approximate surface area is 124 Å². The first-order valence-electron chi connectivity index (χ1n) is 7.41. The van der Waals surface area contributed by atoms with Gasteiger partial charge in [-0.1, -0.05) is 13.8 Å². The summed E-state index contributed by atoms with van der Waals surface area (Å²) in [6.45, 7) is 11.0. The monoisotopic (exact) mass is 298 g/mol. The molecular formula is C15H26N2O2S. The summed E-state index contributed by atoms with van der Waals surface area (Å²) in [6.07, 6.45) is 0. The molecule has 1 aliphatic rings. The lowest BCUT2D eigenvalue weighted by Gasteiger charge is -2.24. The fourth-order valence-electron chi connectivity index (χ4n) is 2.39. The minimum absolute atomic E-state index is 0.609. The fourth-order valence-corrected chi connectivity index (χ4v) is 3.52. The predicted molar refractivity (Wildman–Crippen MR) is 83.1 cm³/mol. The van der Waals surface area contributed by atoms with Gasteiger partial charge >= 0.3 is 0 Å². The molecule has 0 radical (unpaired) electrons. The average Bonchev–Trinajstić information content (AvgIpc) is 2.72. The topological polar surface area (TPSA) is 45.5 Å². The van der Waals surface area contributed by atoms with Gasteiger partial charge in [0.05, 0.1) is 6.54 Å². The van der Waals surface area contributed by atoms with Crippen molar-refractivity contribution in [1.82, 2.24) is 10.2 Å². The normalized spacial score (nSPS) is 18.0. The molecule has 5 heteroatoms. The Bertz CT molecular complexity index is 447. The highest BCUT2D eigenvalue weighted by Gasteiger charge is 2.17. The summed E-state index contributed by atoms with van der Waals surface area (Å²) in [4.78, 5) is 2.32. The van der Waals surface area contributed by atoms with E-state index in [0.717, 1.165) is 55.7 Å². The van der Waals surface area contributed by atoms with Crippen LogP contribution >= 0.6 is 0 Å². The number of nitrogens with zero attached hydrogens (tertiary/aromatic N) is 1. The van der Waals surface area contributed by atoms with E-state index in [1.54, 1.807) is 0 Å². The smallest absolute Gasteiger partial charge is 0.118 e. The molecule has 0 spiro atoms. The van der Waals surface area contributed by atoms with Gasteiger partial charge in [-0.25, -0.2) is 0 Å². The Morgan fingerprint density at radius 3 is 2.75 bits per heavy atom. The molecule has 1 aromatic heterocycles. The molecule has 1 aliphatic heterocycles. The van der Waals surface area contributed by atoms with E-state index in [2.05, 4.69) is 30.1 Å². The van der Waals surface area contributed by atoms with Gasteiger partial charge in [0.1, 0.15) is 11.5 Å². The van der Waals surface area contributed by atoms with E-state index in [9.17, 15) is 4.21 Å². The molecule has 1 saturated heterocycles. The van der Waals surface area contributed by atoms with Crippen LogP contribution in [0.1, 0.15) is 30.9 Å². The van der Waals surface area contributed by atoms with Crippen molar-refractivity contribution in [1.29, 1.82) is 0 Å². The zero-order chi connectivity index (χ0) is 14.5. The summed E-state index contributed by atoms with van der Waals surface area (Å²) in [6, 6.07) is 2.16. The van der Waals surface area contributed by atoms with Crippen LogP contribution in [-0.4, -0.2) is 40.2 Å². The zero-order valence-electron chi connectivity index (χ0n) is 12.8. The molecule has 2 rings (SSSR count). The van der Waals surface area contributed by atoms with Crippen LogP contribution in [-0.2, 0) is 23.9 Å². The predicted octanol–water partition coefficient (Wildman–Crippen LogP) is 1.90. The number of furan rings is 1. The van der Waals surface area contributed by atoms with Crippen LogP contribution in [0.2, 0.25) is 0 Å². The van der Waals surface area contributed by atoms with Crippen LogP contribution in [0.3, 0.4) is 0 Å². The third-order valence-corrected chi connectivity index (χ3v) is 4.87. The van der Waals surface area contributed by atoms with Gasteiger partial charge in [-0.2, -0.15) is 0 Å². The SMILES string of the molecule is Cc1oc(CN2CCS(=O)CC2)cc1CNCC(C)C. The van der Waals surface area contributed by atoms with E-state index in [1.165, 1.54) is 5.56 Å². The molecular weight excluding hydrogens is 272 g/mol. The third-order valence-electron chi connectivity index (χ3n) is 3.59. The fraction of sp³-hybridized carbons (Fsp3) is 0.733. The Kier molecular flexibility index (Phi) is 5.81. The minimum atomic E-state index is -0.609. The zero-order valence-corrected chi connectivity index (χ0v) is 13.6. The summed E-state index contributed by atoms with van der Waals surface area (Å²) in [5.41, 5.74) is 1.25. The van der Waals surface area contributed by atoms with Gasteiger partial charge < -0.3 is 9.73 Å². The molecule has 1 N–H and O–H groups in total. The molecule has 0 unspecified atom stereocenters. The van der Waals surface area contributed by atoms with Gasteiger partial charge in [0.15, 0.2) is 0 Å². The van der Waals surface area contributed by atoms with Gasteiger partial charge in [0.2, 0.25) is 0 Å². The van der Waals surface area contributed by atoms with Crippen molar-refractivity contribution in [3.8, 4) is 0 Å². The number of nitrogens with one attached hydrogen (secondary N) is 1. The van der Waals surface area contributed by atoms with Crippen LogP contribution in [0, 0.1) is 12.8 Å². The highest BCUT2D eigenvalue weighted by atomic mass is 32.2. The maximum atomic E-state index is 11.3. The molecule has 2 heterocycles. The van der Waals surface area contributed by atoms with Crippen molar-refractivity contribution >= 4 is 10.8 Å². The Hall–Kier alpha value is -0.650. The molecule has 0 aromatic carbocycles. The molecule has 20 heavy (non-hydrogen) atoms. The molecule has 1 fully saturated rings. The maximum Gasteiger partial charge on any atom is 0.118 e. The van der Waals surface area contributed by atoms with Gasteiger partial charge in [0, 0.05) is 47.5 Å². The Morgan fingerprint density at radius 1 is 1.40 bits per heavy atom. The van der Waals surface area contributed by atoms with E-state index in [0.29, 0.717) is 5.92 Å². The van der Waals surface area contributed by atoms with Gasteiger partial charge in [-0.3, -0.25) is 9.11 Å². The largest absolute Gasteiger partial charge is 0.465 e. The Morgan fingerprint density at radius 2 is 2.10 bits per heavy atom. The molecule has 0 amide bonds. The van der Waals surface area contributed by atoms with E-state index < -0.39 is 10.8 Å². The number of hydrogen-bond donors (Lipinski definition) is 1. The second-order valence-electron chi connectivity index (χ2n) is 5.94. The number of aryl methyl sites for hydroxylation is 1. The van der Waals surface area contributed by atoms with Crippen LogP contribution in [0.15, 0.2) is 10.5 Å². The quantitative estimate of drug-likeness (QED) is 0.871. The summed E-state index contributed by atoms with van der Waals surface area (Å²) >= 11 is 0. The van der Waals surface area contributed by atoms with Crippen molar-refractivity contribution in [2.45, 2.75) is 33.9 Å². The molecule has 4 nitrogen and oxygen atoms in total. The van der Waals surface area contributed by atoms with Gasteiger partial charge in [-0.05, 0) is 25.5 Å². The molecule has 0 saturated carbocycles. The number of hydrogen-bond acceptors (Lipinski definition) is 4. The lowest BCUT2D eigenvalue weighted by molar-refractivity contribution is 0.263. The molecule has 114 valence electrons. The molecule has 0 aliphatic carbocycles. The minimum Gasteiger partial charge on any atom is -0.465 e. The van der Waals surface area contributed by atoms with Crippen molar-refractivity contribution in [2.24, 2.45) is 5.92 Å². The van der Waals surface area contributed by atoms with Crippen molar-refractivity contribution in [3.63, 3.8) is 0 Å². The van der Waals surface area contributed by atoms with E-state index >= 15 is 0 Å². The molecule has 0 atom stereocenters. The highest BCUT2D eigenvalue weighted by Crippen LogP contribution is 2.17. The molecule has 1 aromatic rings. The van der Waals surface area contributed by atoms with Crippen LogP contribution < -0.4 is 5.32 Å². The van der Waals surface area contributed by atoms with E-state index in [-0.39, 0.29) is 0 Å². The van der Waals surface area contributed by atoms with E-state index in [4.69, 9.17) is 4.42 Å². The summed E-state index contributed by atoms with van der Waals surface area (Å²) in [7, 11) is -0.609. The highest BCUT2D eigenvalue weighted by molar-refractivity contribution is 7.85. The standard InChI is InChI=1S/C15H26N2O2S/c1-12(2)9-16-10-14-8-15(19-13(14)3)11-17-4-6-20(18)7-5-17/h8,12,16H,4-7,9-11H2,1-3H3. The first-order valence-corrected chi connectivity index (χ1v) is 8.89. The maximum absolute atomic E-state index is 11.3. The van der Waals surface area contributed by atoms with Gasteiger partial charge in [0.25, 0.3) is 0 Å². The Balaban J connectivity index is 1.85. The van der Waals surface area contributed by atoms with Crippen molar-refractivity contribution < 1.29 is 8.63 Å². The average molecular weight is 298 g/mol. The van der Waals surface area contributed by atoms with Gasteiger partial charge in [-0.15, -0.1) is 0 Å². The first kappa shape index (κ1) is 15.7. The third kappa shape index (κ3) is 4.72. The number of rotatable bonds is 6. The van der Waals surface area contributed by atoms with Crippen molar-refractivity contribution in [3.05, 3.63) is 23.2 Å².